The molecule has 7 heteroatoms. The number of halogens is 2. The molecule has 5 nitrogen and oxygen atoms in total. The van der Waals surface area contributed by atoms with Crippen LogP contribution in [0.2, 0.25) is 5.02 Å². The summed E-state index contributed by atoms with van der Waals surface area (Å²) in [6.07, 6.45) is -0.0163. The first-order chi connectivity index (χ1) is 12.2. The molecule has 0 saturated carbocycles. The van der Waals surface area contributed by atoms with E-state index in [0.29, 0.717) is 11.3 Å². The summed E-state index contributed by atoms with van der Waals surface area (Å²) >= 11 is 5.88. The van der Waals surface area contributed by atoms with Gasteiger partial charge >= 0.3 is 5.97 Å². The maximum absolute atomic E-state index is 13.7. The molecule has 0 radical (unpaired) electrons. The molecular formula is C19H20ClFN2O3. The van der Waals surface area contributed by atoms with Crippen LogP contribution in [0.1, 0.15) is 31.9 Å². The van der Waals surface area contributed by atoms with Crippen molar-refractivity contribution in [3.8, 4) is 5.75 Å². The highest BCUT2D eigenvalue weighted by atomic mass is 35.5. The highest BCUT2D eigenvalue weighted by molar-refractivity contribution is 6.34. The van der Waals surface area contributed by atoms with Gasteiger partial charge in [0.25, 0.3) is 0 Å². The summed E-state index contributed by atoms with van der Waals surface area (Å²) in [4.78, 5) is 16.6. The molecule has 0 amide bonds. The van der Waals surface area contributed by atoms with Crippen LogP contribution in [-0.2, 0) is 16.1 Å². The van der Waals surface area contributed by atoms with Crippen LogP contribution in [0.25, 0.3) is 0 Å². The lowest BCUT2D eigenvalue weighted by Crippen LogP contribution is -2.22. The number of oxime groups is 1. The normalized spacial score (nSPS) is 12.0. The van der Waals surface area contributed by atoms with Gasteiger partial charge in [-0.2, -0.15) is 0 Å². The molecule has 0 bridgehead atoms. The molecule has 0 unspecified atom stereocenters. The highest BCUT2D eigenvalue weighted by Crippen LogP contribution is 2.20. The Hall–Kier alpha value is -2.60. The number of carbonyl (C=O) groups excluding carboxylic acids is 1. The molecule has 26 heavy (non-hydrogen) atoms. The molecule has 0 aliphatic heterocycles. The third kappa shape index (κ3) is 5.74. The predicted molar refractivity (Wildman–Crippen MR) is 98.8 cm³/mol. The van der Waals surface area contributed by atoms with Gasteiger partial charge in [-0.15, -0.1) is 0 Å². The molecule has 0 aliphatic rings. The maximum Gasteiger partial charge on any atom is 0.339 e. The van der Waals surface area contributed by atoms with Crippen LogP contribution >= 0.6 is 11.6 Å². The number of amidine groups is 1. The van der Waals surface area contributed by atoms with Gasteiger partial charge in [-0.1, -0.05) is 35.0 Å². The van der Waals surface area contributed by atoms with Crippen LogP contribution in [0.15, 0.2) is 47.6 Å². The Morgan fingerprint density at radius 2 is 1.85 bits per heavy atom. The highest BCUT2D eigenvalue weighted by Gasteiger charge is 2.14. The first kappa shape index (κ1) is 19.7. The van der Waals surface area contributed by atoms with Crippen LogP contribution in [-0.4, -0.2) is 17.4 Å². The van der Waals surface area contributed by atoms with Crippen LogP contribution in [0.4, 0.5) is 4.39 Å². The number of nitrogens with zero attached hydrogens (tertiary/aromatic N) is 1. The van der Waals surface area contributed by atoms with E-state index < -0.39 is 11.8 Å². The zero-order chi connectivity index (χ0) is 19.3. The van der Waals surface area contributed by atoms with Crippen molar-refractivity contribution in [3.63, 3.8) is 0 Å². The number of benzene rings is 2. The van der Waals surface area contributed by atoms with Gasteiger partial charge in [-0.3, -0.25) is 0 Å². The summed E-state index contributed by atoms with van der Waals surface area (Å²) in [5.74, 6) is -0.893. The Labute approximate surface area is 156 Å². The molecule has 0 atom stereocenters. The minimum Gasteiger partial charge on any atom is -0.488 e. The molecule has 138 valence electrons. The van der Waals surface area contributed by atoms with Crippen molar-refractivity contribution in [2.24, 2.45) is 10.9 Å². The SMILES string of the molecule is CC(C)(C)Oc1ccc(CC(=O)ON=C(N)c2c(F)cccc2Cl)cc1. The van der Waals surface area contributed by atoms with E-state index >= 15 is 0 Å². The molecule has 0 spiro atoms. The van der Waals surface area contributed by atoms with E-state index in [1.165, 1.54) is 18.2 Å². The molecule has 0 aromatic heterocycles. The second-order valence-electron chi connectivity index (χ2n) is 6.57. The second kappa shape index (κ2) is 8.19. The van der Waals surface area contributed by atoms with Gasteiger partial charge in [-0.25, -0.2) is 9.18 Å². The van der Waals surface area contributed by atoms with E-state index in [9.17, 15) is 9.18 Å². The molecule has 0 fully saturated rings. The van der Waals surface area contributed by atoms with E-state index in [4.69, 9.17) is 26.9 Å². The van der Waals surface area contributed by atoms with Crippen LogP contribution in [0.5, 0.6) is 5.75 Å². The fraction of sp³-hybridized carbons (Fsp3) is 0.263. The first-order valence-electron chi connectivity index (χ1n) is 7.91. The Balaban J connectivity index is 1.98. The van der Waals surface area contributed by atoms with Crippen molar-refractivity contribution >= 4 is 23.4 Å². The summed E-state index contributed by atoms with van der Waals surface area (Å²) in [7, 11) is 0. The number of hydrogen-bond acceptors (Lipinski definition) is 4. The Bertz CT molecular complexity index is 794. The minimum absolute atomic E-state index is 0.0163. The first-order valence-corrected chi connectivity index (χ1v) is 8.29. The lowest BCUT2D eigenvalue weighted by Gasteiger charge is -2.21. The number of rotatable bonds is 5. The zero-order valence-corrected chi connectivity index (χ0v) is 15.5. The Kier molecular flexibility index (Phi) is 6.21. The lowest BCUT2D eigenvalue weighted by molar-refractivity contribution is -0.142. The Morgan fingerprint density at radius 3 is 2.42 bits per heavy atom. The predicted octanol–water partition coefficient (Wildman–Crippen LogP) is 4.06. The van der Waals surface area contributed by atoms with Gasteiger partial charge in [-0.05, 0) is 50.6 Å². The fourth-order valence-corrected chi connectivity index (χ4v) is 2.38. The van der Waals surface area contributed by atoms with Gasteiger partial charge in [0, 0.05) is 0 Å². The summed E-state index contributed by atoms with van der Waals surface area (Å²) in [6.45, 7) is 5.84. The maximum atomic E-state index is 13.7. The summed E-state index contributed by atoms with van der Waals surface area (Å²) in [5, 5.41) is 3.55. The third-order valence-electron chi connectivity index (χ3n) is 3.16. The van der Waals surface area contributed by atoms with E-state index in [2.05, 4.69) is 5.16 Å². The van der Waals surface area contributed by atoms with E-state index in [-0.39, 0.29) is 28.4 Å². The average Bonchev–Trinajstić information content (AvgIpc) is 2.53. The van der Waals surface area contributed by atoms with Crippen molar-refractivity contribution in [3.05, 3.63) is 64.4 Å². The van der Waals surface area contributed by atoms with Crippen LogP contribution in [0.3, 0.4) is 0 Å². The van der Waals surface area contributed by atoms with Gasteiger partial charge in [0.1, 0.15) is 17.2 Å². The summed E-state index contributed by atoms with van der Waals surface area (Å²) < 4.78 is 19.4. The Morgan fingerprint density at radius 1 is 1.19 bits per heavy atom. The standard InChI is InChI=1S/C19H20ClFN2O3/c1-19(2,3)25-13-9-7-12(8-10-13)11-16(24)26-23-18(22)17-14(20)5-4-6-15(17)21/h4-10H,11H2,1-3H3,(H2,22,23). The summed E-state index contributed by atoms with van der Waals surface area (Å²) in [6, 6.07) is 11.1. The molecule has 0 aliphatic carbocycles. The van der Waals surface area contributed by atoms with Gasteiger partial charge < -0.3 is 15.3 Å². The molecule has 2 N–H and O–H groups in total. The molecule has 2 rings (SSSR count). The topological polar surface area (TPSA) is 73.9 Å². The minimum atomic E-state index is -0.649. The average molecular weight is 379 g/mol. The number of hydrogen-bond donors (Lipinski definition) is 1. The van der Waals surface area contributed by atoms with Crippen LogP contribution < -0.4 is 10.5 Å². The molecule has 0 heterocycles. The number of carbonyl (C=O) groups is 1. The molecule has 0 saturated heterocycles. The van der Waals surface area contributed by atoms with Crippen molar-refractivity contribution < 1.29 is 18.8 Å². The second-order valence-corrected chi connectivity index (χ2v) is 6.98. The van der Waals surface area contributed by atoms with Crippen molar-refractivity contribution in [2.45, 2.75) is 32.8 Å². The number of ether oxygens (including phenoxy) is 1. The monoisotopic (exact) mass is 378 g/mol. The van der Waals surface area contributed by atoms with Gasteiger partial charge in [0.05, 0.1) is 17.0 Å². The van der Waals surface area contributed by atoms with E-state index in [0.717, 1.165) is 0 Å². The van der Waals surface area contributed by atoms with E-state index in [1.54, 1.807) is 24.3 Å². The molecular weight excluding hydrogens is 359 g/mol. The fourth-order valence-electron chi connectivity index (χ4n) is 2.12. The smallest absolute Gasteiger partial charge is 0.339 e. The largest absolute Gasteiger partial charge is 0.488 e. The molecule has 2 aromatic rings. The van der Waals surface area contributed by atoms with Gasteiger partial charge in [0.15, 0.2) is 5.84 Å². The quantitative estimate of drug-likeness (QED) is 0.368. The lowest BCUT2D eigenvalue weighted by atomic mass is 10.1. The van der Waals surface area contributed by atoms with Crippen molar-refractivity contribution in [1.82, 2.24) is 0 Å². The van der Waals surface area contributed by atoms with Crippen molar-refractivity contribution in [2.75, 3.05) is 0 Å². The van der Waals surface area contributed by atoms with Crippen molar-refractivity contribution in [1.29, 1.82) is 0 Å². The molecule has 2 aromatic carbocycles. The van der Waals surface area contributed by atoms with E-state index in [1.807, 2.05) is 20.8 Å². The third-order valence-corrected chi connectivity index (χ3v) is 3.48. The number of nitrogens with two attached hydrogens (primary N) is 1. The van der Waals surface area contributed by atoms with Gasteiger partial charge in [0.2, 0.25) is 0 Å². The van der Waals surface area contributed by atoms with Crippen LogP contribution in [0, 0.1) is 5.82 Å². The summed E-state index contributed by atoms with van der Waals surface area (Å²) in [5.41, 5.74) is 5.95. The zero-order valence-electron chi connectivity index (χ0n) is 14.8.